The minimum Gasteiger partial charge on any atom is -0.338 e. The van der Waals surface area contributed by atoms with Crippen molar-refractivity contribution in [3.63, 3.8) is 0 Å². The number of likely N-dealkylation sites (tertiary alicyclic amines) is 1. The first kappa shape index (κ1) is 13.0. The number of rotatable bonds is 3. The lowest BCUT2D eigenvalue weighted by Gasteiger charge is -2.32. The molecule has 1 amide bonds. The molecule has 1 aliphatic heterocycles. The van der Waals surface area contributed by atoms with Crippen LogP contribution < -0.4 is 5.73 Å². The number of nitrogens with zero attached hydrogens (tertiary/aromatic N) is 2. The SMILES string of the molecule is Cc1ccc(C(=O)N2CCCC(CCN)C2)cn1. The molecule has 0 aliphatic carbocycles. The molecular formula is C14H21N3O. The number of amides is 1. The van der Waals surface area contributed by atoms with Crippen molar-refractivity contribution in [1.82, 2.24) is 9.88 Å². The van der Waals surface area contributed by atoms with Crippen molar-refractivity contribution in [2.75, 3.05) is 19.6 Å². The summed E-state index contributed by atoms with van der Waals surface area (Å²) in [7, 11) is 0. The van der Waals surface area contributed by atoms with Crippen LogP contribution in [0.15, 0.2) is 18.3 Å². The molecule has 0 bridgehead atoms. The molecule has 4 heteroatoms. The predicted octanol–water partition coefficient (Wildman–Crippen LogP) is 1.59. The number of pyridine rings is 1. The number of carbonyl (C=O) groups is 1. The number of carbonyl (C=O) groups excluding carboxylic acids is 1. The van der Waals surface area contributed by atoms with Crippen molar-refractivity contribution >= 4 is 5.91 Å². The van der Waals surface area contributed by atoms with Crippen LogP contribution in [0.3, 0.4) is 0 Å². The van der Waals surface area contributed by atoms with Gasteiger partial charge in [0.1, 0.15) is 0 Å². The zero-order valence-electron chi connectivity index (χ0n) is 10.9. The zero-order chi connectivity index (χ0) is 13.0. The molecule has 0 aromatic carbocycles. The van der Waals surface area contributed by atoms with Crippen molar-refractivity contribution < 1.29 is 4.79 Å². The molecule has 1 unspecified atom stereocenters. The van der Waals surface area contributed by atoms with E-state index in [1.807, 2.05) is 24.0 Å². The summed E-state index contributed by atoms with van der Waals surface area (Å²) in [5.74, 6) is 0.662. The van der Waals surface area contributed by atoms with Gasteiger partial charge in [-0.3, -0.25) is 9.78 Å². The summed E-state index contributed by atoms with van der Waals surface area (Å²) in [6.45, 7) is 4.32. The van der Waals surface area contributed by atoms with E-state index >= 15 is 0 Å². The van der Waals surface area contributed by atoms with Crippen LogP contribution in [0.4, 0.5) is 0 Å². The molecule has 4 nitrogen and oxygen atoms in total. The maximum Gasteiger partial charge on any atom is 0.255 e. The normalized spacial score (nSPS) is 19.9. The average Bonchev–Trinajstić information content (AvgIpc) is 2.39. The van der Waals surface area contributed by atoms with Crippen molar-refractivity contribution in [1.29, 1.82) is 0 Å². The van der Waals surface area contributed by atoms with Gasteiger partial charge >= 0.3 is 0 Å². The summed E-state index contributed by atoms with van der Waals surface area (Å²) < 4.78 is 0. The van der Waals surface area contributed by atoms with Crippen molar-refractivity contribution in [3.05, 3.63) is 29.6 Å². The highest BCUT2D eigenvalue weighted by molar-refractivity contribution is 5.94. The molecule has 2 rings (SSSR count). The van der Waals surface area contributed by atoms with Crippen LogP contribution in [0.2, 0.25) is 0 Å². The lowest BCUT2D eigenvalue weighted by molar-refractivity contribution is 0.0669. The van der Waals surface area contributed by atoms with Gasteiger partial charge in [-0.2, -0.15) is 0 Å². The van der Waals surface area contributed by atoms with Gasteiger partial charge in [-0.25, -0.2) is 0 Å². The highest BCUT2D eigenvalue weighted by Gasteiger charge is 2.23. The summed E-state index contributed by atoms with van der Waals surface area (Å²) in [4.78, 5) is 18.4. The first-order chi connectivity index (χ1) is 8.70. The third-order valence-electron chi connectivity index (χ3n) is 3.54. The third-order valence-corrected chi connectivity index (χ3v) is 3.54. The van der Waals surface area contributed by atoms with Gasteiger partial charge in [0.2, 0.25) is 0 Å². The Labute approximate surface area is 108 Å². The Hall–Kier alpha value is -1.42. The van der Waals surface area contributed by atoms with E-state index in [0.29, 0.717) is 18.0 Å². The number of aryl methyl sites for hydroxylation is 1. The Morgan fingerprint density at radius 3 is 3.06 bits per heavy atom. The Kier molecular flexibility index (Phi) is 4.31. The molecule has 0 saturated carbocycles. The first-order valence-electron chi connectivity index (χ1n) is 6.62. The summed E-state index contributed by atoms with van der Waals surface area (Å²) in [5.41, 5.74) is 7.22. The fourth-order valence-corrected chi connectivity index (χ4v) is 2.50. The van der Waals surface area contributed by atoms with Crippen LogP contribution in [0.1, 0.15) is 35.3 Å². The quantitative estimate of drug-likeness (QED) is 0.882. The fourth-order valence-electron chi connectivity index (χ4n) is 2.50. The molecule has 2 heterocycles. The van der Waals surface area contributed by atoms with Gasteiger partial charge in [0, 0.05) is 25.0 Å². The minimum atomic E-state index is 0.101. The van der Waals surface area contributed by atoms with Gasteiger partial charge in [-0.15, -0.1) is 0 Å². The van der Waals surface area contributed by atoms with E-state index in [1.54, 1.807) is 6.20 Å². The molecule has 1 aromatic heterocycles. The van der Waals surface area contributed by atoms with Crippen LogP contribution in [0, 0.1) is 12.8 Å². The van der Waals surface area contributed by atoms with Crippen LogP contribution in [0.5, 0.6) is 0 Å². The van der Waals surface area contributed by atoms with Gasteiger partial charge in [-0.05, 0) is 50.8 Å². The van der Waals surface area contributed by atoms with Gasteiger partial charge in [0.25, 0.3) is 5.91 Å². The lowest BCUT2D eigenvalue weighted by atomic mass is 9.94. The second kappa shape index (κ2) is 5.96. The molecule has 2 N–H and O–H groups in total. The Balaban J connectivity index is 2.02. The largest absolute Gasteiger partial charge is 0.338 e. The summed E-state index contributed by atoms with van der Waals surface area (Å²) >= 11 is 0. The Bertz CT molecular complexity index is 400. The highest BCUT2D eigenvalue weighted by atomic mass is 16.2. The van der Waals surface area contributed by atoms with E-state index in [2.05, 4.69) is 4.98 Å². The molecule has 98 valence electrons. The first-order valence-corrected chi connectivity index (χ1v) is 6.62. The van der Waals surface area contributed by atoms with E-state index < -0.39 is 0 Å². The monoisotopic (exact) mass is 247 g/mol. The zero-order valence-corrected chi connectivity index (χ0v) is 10.9. The number of aromatic nitrogens is 1. The molecule has 0 radical (unpaired) electrons. The molecule has 1 aromatic rings. The molecular weight excluding hydrogens is 226 g/mol. The van der Waals surface area contributed by atoms with Crippen LogP contribution in [-0.4, -0.2) is 35.4 Å². The van der Waals surface area contributed by atoms with E-state index in [-0.39, 0.29) is 5.91 Å². The van der Waals surface area contributed by atoms with Crippen molar-refractivity contribution in [2.45, 2.75) is 26.2 Å². The van der Waals surface area contributed by atoms with E-state index in [4.69, 9.17) is 5.73 Å². The Morgan fingerprint density at radius 2 is 2.39 bits per heavy atom. The maximum absolute atomic E-state index is 12.3. The van der Waals surface area contributed by atoms with Crippen LogP contribution >= 0.6 is 0 Å². The van der Waals surface area contributed by atoms with Gasteiger partial charge < -0.3 is 10.6 Å². The summed E-state index contributed by atoms with van der Waals surface area (Å²) in [6, 6.07) is 3.74. The fraction of sp³-hybridized carbons (Fsp3) is 0.571. The predicted molar refractivity (Wildman–Crippen MR) is 71.3 cm³/mol. The maximum atomic E-state index is 12.3. The summed E-state index contributed by atoms with van der Waals surface area (Å²) in [6.07, 6.45) is 4.95. The lowest BCUT2D eigenvalue weighted by Crippen LogP contribution is -2.40. The standard InChI is InChI=1S/C14H21N3O/c1-11-4-5-13(9-16-11)14(18)17-8-2-3-12(10-17)6-7-15/h4-5,9,12H,2-3,6-8,10,15H2,1H3. The highest BCUT2D eigenvalue weighted by Crippen LogP contribution is 2.20. The molecule has 1 saturated heterocycles. The second-order valence-corrected chi connectivity index (χ2v) is 5.03. The topological polar surface area (TPSA) is 59.2 Å². The van der Waals surface area contributed by atoms with Crippen molar-refractivity contribution in [3.8, 4) is 0 Å². The number of hydrogen-bond donors (Lipinski definition) is 1. The molecule has 0 spiro atoms. The smallest absolute Gasteiger partial charge is 0.255 e. The van der Waals surface area contributed by atoms with Crippen molar-refractivity contribution in [2.24, 2.45) is 11.7 Å². The third kappa shape index (κ3) is 3.07. The second-order valence-electron chi connectivity index (χ2n) is 5.03. The number of hydrogen-bond acceptors (Lipinski definition) is 3. The van der Waals surface area contributed by atoms with Crippen LogP contribution in [-0.2, 0) is 0 Å². The van der Waals surface area contributed by atoms with Gasteiger partial charge in [0.15, 0.2) is 0 Å². The van der Waals surface area contributed by atoms with Gasteiger partial charge in [-0.1, -0.05) is 0 Å². The van der Waals surface area contributed by atoms with E-state index in [0.717, 1.165) is 31.6 Å². The average molecular weight is 247 g/mol. The molecule has 1 atom stereocenters. The molecule has 1 aliphatic rings. The minimum absolute atomic E-state index is 0.101. The van der Waals surface area contributed by atoms with E-state index in [9.17, 15) is 4.79 Å². The summed E-state index contributed by atoms with van der Waals surface area (Å²) in [5, 5.41) is 0. The van der Waals surface area contributed by atoms with Crippen LogP contribution in [0.25, 0.3) is 0 Å². The molecule has 1 fully saturated rings. The van der Waals surface area contributed by atoms with Gasteiger partial charge in [0.05, 0.1) is 5.56 Å². The molecule has 18 heavy (non-hydrogen) atoms. The number of piperidine rings is 1. The number of nitrogens with two attached hydrogens (primary N) is 1. The Morgan fingerprint density at radius 1 is 1.56 bits per heavy atom. The van der Waals surface area contributed by atoms with E-state index in [1.165, 1.54) is 6.42 Å².